The zero-order chi connectivity index (χ0) is 9.26. The molecule has 0 amide bonds. The maximum Gasteiger partial charge on any atom is 0.0259 e. The Bertz CT molecular complexity index is 172. The van der Waals surface area contributed by atoms with Gasteiger partial charge in [-0.15, -0.1) is 24.8 Å². The van der Waals surface area contributed by atoms with Crippen LogP contribution in [0.5, 0.6) is 0 Å². The molecule has 3 nitrogen and oxygen atoms in total. The highest BCUT2D eigenvalue weighted by molar-refractivity contribution is 5.85. The molecule has 2 heterocycles. The first-order chi connectivity index (χ1) is 6.27. The third-order valence-corrected chi connectivity index (χ3v) is 3.49. The van der Waals surface area contributed by atoms with Gasteiger partial charge in [0.15, 0.2) is 0 Å². The fourth-order valence-electron chi connectivity index (χ4n) is 2.50. The molecule has 0 bridgehead atoms. The second-order valence-electron chi connectivity index (χ2n) is 4.44. The van der Waals surface area contributed by atoms with Crippen LogP contribution in [0.2, 0.25) is 0 Å². The van der Waals surface area contributed by atoms with Crippen molar-refractivity contribution in [3.63, 3.8) is 0 Å². The van der Waals surface area contributed by atoms with Crippen molar-refractivity contribution in [3.8, 4) is 0 Å². The van der Waals surface area contributed by atoms with Crippen LogP contribution in [0.15, 0.2) is 0 Å². The predicted molar refractivity (Wildman–Crippen MR) is 69.4 cm³/mol. The van der Waals surface area contributed by atoms with Crippen LogP contribution in [0, 0.1) is 0 Å². The van der Waals surface area contributed by atoms with Crippen molar-refractivity contribution < 1.29 is 0 Å². The standard InChI is InChI=1S/C10H21N3.2ClH/c1-9-10(3-4-11-9)13-7-5-12(2)6-8-13;;/h9-11H,3-8H2,1-2H3;2*1H/t9-,10-;;/m0../s1. The van der Waals surface area contributed by atoms with Gasteiger partial charge in [0.2, 0.25) is 0 Å². The van der Waals surface area contributed by atoms with Crippen molar-refractivity contribution in [3.05, 3.63) is 0 Å². The highest BCUT2D eigenvalue weighted by atomic mass is 35.5. The Labute approximate surface area is 105 Å². The molecule has 0 aromatic rings. The Morgan fingerprint density at radius 3 is 2.13 bits per heavy atom. The van der Waals surface area contributed by atoms with Crippen LogP contribution >= 0.6 is 24.8 Å². The monoisotopic (exact) mass is 255 g/mol. The van der Waals surface area contributed by atoms with E-state index in [0.717, 1.165) is 6.04 Å². The molecule has 15 heavy (non-hydrogen) atoms. The minimum absolute atomic E-state index is 0. The van der Waals surface area contributed by atoms with Gasteiger partial charge >= 0.3 is 0 Å². The van der Waals surface area contributed by atoms with Gasteiger partial charge in [0, 0.05) is 38.3 Å². The fourth-order valence-corrected chi connectivity index (χ4v) is 2.50. The Morgan fingerprint density at radius 2 is 1.67 bits per heavy atom. The molecular weight excluding hydrogens is 233 g/mol. The van der Waals surface area contributed by atoms with Gasteiger partial charge in [-0.25, -0.2) is 0 Å². The number of likely N-dealkylation sites (N-methyl/N-ethyl adjacent to an activating group) is 1. The summed E-state index contributed by atoms with van der Waals surface area (Å²) >= 11 is 0. The van der Waals surface area contributed by atoms with Crippen LogP contribution < -0.4 is 5.32 Å². The van der Waals surface area contributed by atoms with E-state index in [4.69, 9.17) is 0 Å². The lowest BCUT2D eigenvalue weighted by molar-refractivity contribution is 0.107. The van der Waals surface area contributed by atoms with Crippen LogP contribution in [-0.2, 0) is 0 Å². The van der Waals surface area contributed by atoms with Crippen molar-refractivity contribution in [2.24, 2.45) is 0 Å². The molecule has 1 N–H and O–H groups in total. The van der Waals surface area contributed by atoms with Gasteiger partial charge in [-0.05, 0) is 26.9 Å². The van der Waals surface area contributed by atoms with Crippen molar-refractivity contribution in [2.75, 3.05) is 39.8 Å². The second-order valence-corrected chi connectivity index (χ2v) is 4.44. The molecule has 92 valence electrons. The van der Waals surface area contributed by atoms with E-state index in [1.807, 2.05) is 0 Å². The van der Waals surface area contributed by atoms with E-state index in [1.54, 1.807) is 0 Å². The van der Waals surface area contributed by atoms with Crippen molar-refractivity contribution in [1.82, 2.24) is 15.1 Å². The van der Waals surface area contributed by atoms with Crippen LogP contribution in [0.3, 0.4) is 0 Å². The number of nitrogens with one attached hydrogen (secondary N) is 1. The van der Waals surface area contributed by atoms with Crippen LogP contribution in [0.4, 0.5) is 0 Å². The maximum atomic E-state index is 3.52. The Balaban J connectivity index is 0.000000980. The SMILES string of the molecule is C[C@@H]1NCC[C@@H]1N1CCN(C)CC1.Cl.Cl. The molecule has 0 radical (unpaired) electrons. The molecule has 0 aromatic carbocycles. The van der Waals surface area contributed by atoms with E-state index >= 15 is 0 Å². The minimum atomic E-state index is 0. The molecule has 2 aliphatic rings. The molecule has 5 heteroatoms. The van der Waals surface area contributed by atoms with E-state index in [-0.39, 0.29) is 24.8 Å². The van der Waals surface area contributed by atoms with E-state index in [0.29, 0.717) is 6.04 Å². The zero-order valence-corrected chi connectivity index (χ0v) is 11.2. The molecule has 0 saturated carbocycles. The number of hydrogen-bond donors (Lipinski definition) is 1. The molecular formula is C10H23Cl2N3. The van der Waals surface area contributed by atoms with Crippen LogP contribution in [-0.4, -0.2) is 61.7 Å². The minimum Gasteiger partial charge on any atom is -0.313 e. The normalized spacial score (nSPS) is 33.2. The fraction of sp³-hybridized carbons (Fsp3) is 1.00. The molecule has 0 spiro atoms. The number of piperazine rings is 1. The first-order valence-corrected chi connectivity index (χ1v) is 5.43. The number of rotatable bonds is 1. The van der Waals surface area contributed by atoms with Crippen molar-refractivity contribution in [1.29, 1.82) is 0 Å². The summed E-state index contributed by atoms with van der Waals surface area (Å²) in [4.78, 5) is 5.08. The highest BCUT2D eigenvalue weighted by Crippen LogP contribution is 2.16. The van der Waals surface area contributed by atoms with Gasteiger partial charge in [-0.3, -0.25) is 4.90 Å². The molecule has 2 aliphatic heterocycles. The molecule has 0 aliphatic carbocycles. The van der Waals surface area contributed by atoms with E-state index < -0.39 is 0 Å². The average molecular weight is 256 g/mol. The van der Waals surface area contributed by atoms with Gasteiger partial charge in [-0.1, -0.05) is 0 Å². The summed E-state index contributed by atoms with van der Waals surface area (Å²) < 4.78 is 0. The number of hydrogen-bond acceptors (Lipinski definition) is 3. The average Bonchev–Trinajstić information content (AvgIpc) is 2.53. The third-order valence-electron chi connectivity index (χ3n) is 3.49. The van der Waals surface area contributed by atoms with Gasteiger partial charge in [0.1, 0.15) is 0 Å². The lowest BCUT2D eigenvalue weighted by Gasteiger charge is -2.37. The maximum absolute atomic E-state index is 3.52. The van der Waals surface area contributed by atoms with Crippen LogP contribution in [0.25, 0.3) is 0 Å². The summed E-state index contributed by atoms with van der Waals surface area (Å²) in [5.41, 5.74) is 0. The molecule has 2 atom stereocenters. The van der Waals surface area contributed by atoms with Gasteiger partial charge in [0.05, 0.1) is 0 Å². The molecule has 2 fully saturated rings. The van der Waals surface area contributed by atoms with Gasteiger partial charge in [0.25, 0.3) is 0 Å². The third kappa shape index (κ3) is 3.75. The summed E-state index contributed by atoms with van der Waals surface area (Å²) in [5, 5.41) is 3.52. The Kier molecular flexibility index (Phi) is 7.13. The summed E-state index contributed by atoms with van der Waals surface area (Å²) in [5.74, 6) is 0. The van der Waals surface area contributed by atoms with Gasteiger partial charge in [-0.2, -0.15) is 0 Å². The van der Waals surface area contributed by atoms with E-state index in [9.17, 15) is 0 Å². The molecule has 0 unspecified atom stereocenters. The highest BCUT2D eigenvalue weighted by Gasteiger charge is 2.29. The van der Waals surface area contributed by atoms with Crippen LogP contribution in [0.1, 0.15) is 13.3 Å². The summed E-state index contributed by atoms with van der Waals surface area (Å²) in [6.45, 7) is 8.51. The topological polar surface area (TPSA) is 18.5 Å². The smallest absolute Gasteiger partial charge is 0.0259 e. The Hall–Kier alpha value is 0.460. The number of halogens is 2. The number of nitrogens with zero attached hydrogens (tertiary/aromatic N) is 2. The first-order valence-electron chi connectivity index (χ1n) is 5.43. The molecule has 2 saturated heterocycles. The zero-order valence-electron chi connectivity index (χ0n) is 9.61. The lowest BCUT2D eigenvalue weighted by atomic mass is 10.1. The summed E-state index contributed by atoms with van der Waals surface area (Å²) in [6.07, 6.45) is 1.34. The van der Waals surface area contributed by atoms with E-state index in [2.05, 4.69) is 29.1 Å². The van der Waals surface area contributed by atoms with Gasteiger partial charge < -0.3 is 10.2 Å². The quantitative estimate of drug-likeness (QED) is 0.749. The Morgan fingerprint density at radius 1 is 1.07 bits per heavy atom. The van der Waals surface area contributed by atoms with Crippen molar-refractivity contribution in [2.45, 2.75) is 25.4 Å². The summed E-state index contributed by atoms with van der Waals surface area (Å²) in [7, 11) is 2.22. The summed E-state index contributed by atoms with van der Waals surface area (Å²) in [6, 6.07) is 1.50. The molecule has 2 rings (SSSR count). The van der Waals surface area contributed by atoms with Crippen molar-refractivity contribution >= 4 is 24.8 Å². The molecule has 0 aromatic heterocycles. The lowest BCUT2D eigenvalue weighted by Crippen LogP contribution is -2.51. The second kappa shape index (κ2) is 6.92. The predicted octanol–water partition coefficient (Wildman–Crippen LogP) is 0.828. The van der Waals surface area contributed by atoms with E-state index in [1.165, 1.54) is 39.1 Å². The first kappa shape index (κ1) is 15.5. The largest absolute Gasteiger partial charge is 0.313 e.